The van der Waals surface area contributed by atoms with E-state index in [4.69, 9.17) is 9.47 Å². The van der Waals surface area contributed by atoms with Gasteiger partial charge in [0.1, 0.15) is 23.0 Å². The van der Waals surface area contributed by atoms with Gasteiger partial charge in [-0.15, -0.1) is 0 Å². The number of hydrogen-bond donors (Lipinski definition) is 1. The summed E-state index contributed by atoms with van der Waals surface area (Å²) in [4.78, 5) is 11.3. The molecule has 0 aliphatic heterocycles. The Balaban J connectivity index is 1.75. The molecule has 0 bridgehead atoms. The van der Waals surface area contributed by atoms with Crippen LogP contribution >= 0.6 is 0 Å². The van der Waals surface area contributed by atoms with E-state index in [9.17, 15) is 30.8 Å². The molecule has 0 amide bonds. The lowest BCUT2D eigenvalue weighted by Gasteiger charge is -2.28. The van der Waals surface area contributed by atoms with E-state index in [1.54, 1.807) is 39.0 Å². The lowest BCUT2D eigenvalue weighted by Crippen LogP contribution is -2.31. The van der Waals surface area contributed by atoms with Gasteiger partial charge in [-0.3, -0.25) is 5.32 Å². The van der Waals surface area contributed by atoms with E-state index >= 15 is 0 Å². The molecule has 6 nitrogen and oxygen atoms in total. The first-order valence-corrected chi connectivity index (χ1v) is 12.6. The van der Waals surface area contributed by atoms with Crippen LogP contribution in [0.5, 0.6) is 5.75 Å². The van der Waals surface area contributed by atoms with E-state index in [0.29, 0.717) is 37.1 Å². The molecule has 11 heteroatoms. The first-order chi connectivity index (χ1) is 16.2. The van der Waals surface area contributed by atoms with Crippen molar-refractivity contribution in [3.8, 4) is 5.75 Å². The molecule has 3 rings (SSSR count). The summed E-state index contributed by atoms with van der Waals surface area (Å²) in [6.07, 6.45) is -2.97. The Labute approximate surface area is 201 Å². The van der Waals surface area contributed by atoms with Crippen molar-refractivity contribution in [2.24, 2.45) is 0 Å². The molecule has 1 atom stereocenters. The quantitative estimate of drug-likeness (QED) is 0.413. The maximum absolute atomic E-state index is 13.7. The van der Waals surface area contributed by atoms with Gasteiger partial charge in [0.15, 0.2) is 16.4 Å². The number of ether oxygens (including phenoxy) is 2. The van der Waals surface area contributed by atoms with E-state index in [0.717, 1.165) is 11.1 Å². The number of benzene rings is 2. The van der Waals surface area contributed by atoms with Crippen molar-refractivity contribution in [3.63, 3.8) is 0 Å². The molecule has 2 aromatic carbocycles. The summed E-state index contributed by atoms with van der Waals surface area (Å²) >= 11 is 0. The molecule has 0 radical (unpaired) electrons. The minimum Gasteiger partial charge on any atom is -0.482 e. The van der Waals surface area contributed by atoms with Gasteiger partial charge in [-0.2, -0.15) is 13.2 Å². The van der Waals surface area contributed by atoms with Crippen LogP contribution in [-0.4, -0.2) is 32.5 Å². The molecule has 0 aromatic heterocycles. The van der Waals surface area contributed by atoms with Gasteiger partial charge in [0.25, 0.3) is 0 Å². The maximum Gasteiger partial charge on any atom is 0.416 e. The number of esters is 1. The molecule has 1 aliphatic rings. The van der Waals surface area contributed by atoms with Crippen LogP contribution in [0.2, 0.25) is 0 Å². The van der Waals surface area contributed by atoms with E-state index in [2.05, 4.69) is 5.32 Å². The van der Waals surface area contributed by atoms with Crippen LogP contribution in [0.15, 0.2) is 41.3 Å². The van der Waals surface area contributed by atoms with Gasteiger partial charge in [-0.1, -0.05) is 12.1 Å². The van der Waals surface area contributed by atoms with E-state index in [-0.39, 0.29) is 12.7 Å². The lowest BCUT2D eigenvalue weighted by atomic mass is 9.87. The van der Waals surface area contributed by atoms with Crippen LogP contribution in [0.3, 0.4) is 0 Å². The van der Waals surface area contributed by atoms with Crippen molar-refractivity contribution in [1.29, 1.82) is 0 Å². The Hall–Kier alpha value is -2.66. The lowest BCUT2D eigenvalue weighted by molar-refractivity contribution is -0.157. The highest BCUT2D eigenvalue weighted by molar-refractivity contribution is 7.91. The van der Waals surface area contributed by atoms with Crippen LogP contribution in [0.1, 0.15) is 56.3 Å². The summed E-state index contributed by atoms with van der Waals surface area (Å²) in [5, 5.41) is 2.88. The largest absolute Gasteiger partial charge is 0.482 e. The van der Waals surface area contributed by atoms with Crippen molar-refractivity contribution in [3.05, 3.63) is 58.9 Å². The molecule has 0 spiro atoms. The summed E-state index contributed by atoms with van der Waals surface area (Å²) in [7, 11) is -4.26. The summed E-state index contributed by atoms with van der Waals surface area (Å²) < 4.78 is 89.0. The number of carbonyl (C=O) groups excluding carboxylic acids is 1. The molecule has 0 heterocycles. The molecule has 0 unspecified atom stereocenters. The maximum atomic E-state index is 13.7. The van der Waals surface area contributed by atoms with Crippen molar-refractivity contribution < 1.29 is 40.2 Å². The molecule has 0 saturated heterocycles. The highest BCUT2D eigenvalue weighted by Gasteiger charge is 2.33. The van der Waals surface area contributed by atoms with Crippen LogP contribution in [-0.2, 0) is 32.0 Å². The number of halogens is 4. The molecule has 2 aromatic rings. The second-order valence-corrected chi connectivity index (χ2v) is 11.3. The zero-order valence-corrected chi connectivity index (χ0v) is 20.4. The molecule has 0 fully saturated rings. The molecule has 1 aliphatic carbocycles. The first kappa shape index (κ1) is 26.9. The third-order valence-corrected chi connectivity index (χ3v) is 6.81. The molecule has 35 heavy (non-hydrogen) atoms. The topological polar surface area (TPSA) is 81.7 Å². The van der Waals surface area contributed by atoms with Gasteiger partial charge in [0, 0.05) is 6.04 Å². The highest BCUT2D eigenvalue weighted by atomic mass is 32.2. The Morgan fingerprint density at radius 3 is 2.51 bits per heavy atom. The minimum absolute atomic E-state index is 0.253. The summed E-state index contributed by atoms with van der Waals surface area (Å²) in [5.74, 6) is -2.02. The highest BCUT2D eigenvalue weighted by Crippen LogP contribution is 2.36. The number of sulfone groups is 1. The van der Waals surface area contributed by atoms with Gasteiger partial charge in [0.2, 0.25) is 0 Å². The predicted octanol–water partition coefficient (Wildman–Crippen LogP) is 4.96. The third kappa shape index (κ3) is 7.17. The monoisotopic (exact) mass is 517 g/mol. The van der Waals surface area contributed by atoms with Gasteiger partial charge in [0.05, 0.1) is 10.5 Å². The fourth-order valence-corrected chi connectivity index (χ4v) is 5.06. The second kappa shape index (κ2) is 10.1. The fourth-order valence-electron chi connectivity index (χ4n) is 3.87. The number of rotatable bonds is 7. The van der Waals surface area contributed by atoms with Crippen LogP contribution < -0.4 is 10.1 Å². The van der Waals surface area contributed by atoms with Gasteiger partial charge in [-0.25, -0.2) is 17.6 Å². The van der Waals surface area contributed by atoms with E-state index in [1.165, 1.54) is 0 Å². The average Bonchev–Trinajstić information content (AvgIpc) is 2.74. The van der Waals surface area contributed by atoms with E-state index < -0.39 is 55.8 Å². The van der Waals surface area contributed by atoms with Crippen LogP contribution in [0, 0.1) is 5.82 Å². The number of hydrogen-bond acceptors (Lipinski definition) is 6. The first-order valence-electron chi connectivity index (χ1n) is 11.0. The van der Waals surface area contributed by atoms with Crippen molar-refractivity contribution in [2.45, 2.75) is 62.7 Å². The second-order valence-electron chi connectivity index (χ2n) is 9.28. The normalized spacial score (nSPS) is 16.5. The molecule has 0 saturated carbocycles. The summed E-state index contributed by atoms with van der Waals surface area (Å²) in [6, 6.07) is 6.04. The zero-order valence-electron chi connectivity index (χ0n) is 19.5. The number of alkyl halides is 3. The van der Waals surface area contributed by atoms with Gasteiger partial charge in [-0.05, 0) is 75.4 Å². The summed E-state index contributed by atoms with van der Waals surface area (Å²) in [6.45, 7) is 4.94. The van der Waals surface area contributed by atoms with Crippen molar-refractivity contribution in [2.75, 3.05) is 12.5 Å². The van der Waals surface area contributed by atoms with Crippen LogP contribution in [0.4, 0.5) is 17.6 Å². The predicted molar refractivity (Wildman–Crippen MR) is 120 cm³/mol. The minimum atomic E-state index is -4.88. The smallest absolute Gasteiger partial charge is 0.416 e. The Morgan fingerprint density at radius 1 is 1.14 bits per heavy atom. The Kier molecular flexibility index (Phi) is 7.80. The zero-order chi connectivity index (χ0) is 26.0. The van der Waals surface area contributed by atoms with Crippen molar-refractivity contribution in [1.82, 2.24) is 5.32 Å². The molecule has 1 N–H and O–H groups in total. The number of fused-ring (bicyclic) bond motifs is 1. The van der Waals surface area contributed by atoms with E-state index in [1.807, 2.05) is 0 Å². The summed E-state index contributed by atoms with van der Waals surface area (Å²) in [5.41, 5.74) is -0.448. The Bertz CT molecular complexity index is 1190. The van der Waals surface area contributed by atoms with Gasteiger partial charge >= 0.3 is 12.1 Å². The van der Waals surface area contributed by atoms with Crippen LogP contribution in [0.25, 0.3) is 0 Å². The number of carbonyl (C=O) groups is 1. The fraction of sp³-hybridized carbons (Fsp3) is 0.458. The third-order valence-electron chi connectivity index (χ3n) is 5.31. The molecular formula is C24H27F4NO5S. The molecule has 192 valence electrons. The molecular weight excluding hydrogens is 490 g/mol. The standard InChI is InChI=1S/C24H27F4NO5S/c1-23(2,3)34-22(30)13-33-21-9-5-6-18-19(21)7-4-8-20(18)29-14-35(31,32)17-11-15(24(26,27)28)10-16(25)12-17/h5-6,9-12,20,29H,4,7-8,13-14H2,1-3H3/t20-/m1/s1. The number of nitrogens with one attached hydrogen (secondary N) is 1. The SMILES string of the molecule is CC(C)(C)OC(=O)COc1cccc2c1CCC[C@H]2NCS(=O)(=O)c1cc(F)cc(C(F)(F)F)c1. The average molecular weight is 518 g/mol. The van der Waals surface area contributed by atoms with Gasteiger partial charge < -0.3 is 9.47 Å². The Morgan fingerprint density at radius 2 is 1.86 bits per heavy atom. The van der Waals surface area contributed by atoms with Crippen molar-refractivity contribution >= 4 is 15.8 Å².